The first kappa shape index (κ1) is 18.1. The fourth-order valence-corrected chi connectivity index (χ4v) is 1.72. The van der Waals surface area contributed by atoms with E-state index in [0.717, 1.165) is 19.7 Å². The third-order valence-electron chi connectivity index (χ3n) is 2.88. The van der Waals surface area contributed by atoms with Gasteiger partial charge >= 0.3 is 11.9 Å². The van der Waals surface area contributed by atoms with Gasteiger partial charge in [0.25, 0.3) is 0 Å². The normalized spacial score (nSPS) is 17.2. The Labute approximate surface area is 128 Å². The van der Waals surface area contributed by atoms with Gasteiger partial charge in [0.2, 0.25) is 0 Å². The number of carboxylic acids is 2. The maximum atomic E-state index is 9.10. The van der Waals surface area contributed by atoms with Gasteiger partial charge in [-0.2, -0.15) is 0 Å². The first-order chi connectivity index (χ1) is 10.5. The van der Waals surface area contributed by atoms with Crippen LogP contribution in [0, 0.1) is 6.92 Å². The van der Waals surface area contributed by atoms with Crippen LogP contribution in [0.3, 0.4) is 0 Å². The van der Waals surface area contributed by atoms with Crippen LogP contribution in [-0.2, 0) is 25.7 Å². The number of rotatable bonds is 4. The van der Waals surface area contributed by atoms with Crippen molar-refractivity contribution in [3.05, 3.63) is 35.4 Å². The topological polar surface area (TPSA) is 105 Å². The highest BCUT2D eigenvalue weighted by Crippen LogP contribution is 2.05. The van der Waals surface area contributed by atoms with Crippen molar-refractivity contribution < 1.29 is 29.3 Å². The van der Waals surface area contributed by atoms with Gasteiger partial charge in [0.1, 0.15) is 0 Å². The number of ether oxygens (including phenoxy) is 2. The molecular formula is C15H21NO6. The zero-order chi connectivity index (χ0) is 16.4. The summed E-state index contributed by atoms with van der Waals surface area (Å²) >= 11 is 0. The quantitative estimate of drug-likeness (QED) is 0.701. The van der Waals surface area contributed by atoms with Crippen molar-refractivity contribution in [3.8, 4) is 0 Å². The number of carbonyl (C=O) groups is 2. The van der Waals surface area contributed by atoms with E-state index in [9.17, 15) is 0 Å². The number of carboxylic acid groups (broad SMARTS) is 2. The number of nitrogens with one attached hydrogen (secondary N) is 1. The molecule has 22 heavy (non-hydrogen) atoms. The Kier molecular flexibility index (Phi) is 8.13. The van der Waals surface area contributed by atoms with Gasteiger partial charge in [-0.25, -0.2) is 9.59 Å². The summed E-state index contributed by atoms with van der Waals surface area (Å²) in [7, 11) is 0. The van der Waals surface area contributed by atoms with E-state index in [1.54, 1.807) is 0 Å². The second-order valence-electron chi connectivity index (χ2n) is 4.81. The minimum atomic E-state index is -1.82. The summed E-state index contributed by atoms with van der Waals surface area (Å²) in [5.74, 6) is -3.65. The Bertz CT molecular complexity index is 455. The summed E-state index contributed by atoms with van der Waals surface area (Å²) in [5, 5.41) is 18.1. The van der Waals surface area contributed by atoms with E-state index in [4.69, 9.17) is 29.3 Å². The van der Waals surface area contributed by atoms with Gasteiger partial charge in [0, 0.05) is 13.1 Å². The summed E-state index contributed by atoms with van der Waals surface area (Å²) in [6.45, 7) is 6.06. The lowest BCUT2D eigenvalue weighted by molar-refractivity contribution is -0.159. The molecule has 0 aromatic heterocycles. The molecule has 1 atom stereocenters. The zero-order valence-corrected chi connectivity index (χ0v) is 12.4. The molecule has 7 heteroatoms. The van der Waals surface area contributed by atoms with Crippen molar-refractivity contribution >= 4 is 11.9 Å². The van der Waals surface area contributed by atoms with Gasteiger partial charge < -0.3 is 25.0 Å². The van der Waals surface area contributed by atoms with Gasteiger partial charge in [-0.3, -0.25) is 0 Å². The van der Waals surface area contributed by atoms with E-state index < -0.39 is 11.9 Å². The number of benzene rings is 1. The molecule has 122 valence electrons. The molecule has 1 aromatic rings. The fraction of sp³-hybridized carbons (Fsp3) is 0.467. The highest BCUT2D eigenvalue weighted by atomic mass is 16.5. The van der Waals surface area contributed by atoms with Crippen molar-refractivity contribution in [2.45, 2.75) is 19.6 Å². The van der Waals surface area contributed by atoms with Gasteiger partial charge in [0.05, 0.1) is 25.9 Å². The smallest absolute Gasteiger partial charge is 0.414 e. The molecule has 0 bridgehead atoms. The lowest BCUT2D eigenvalue weighted by atomic mass is 10.2. The van der Waals surface area contributed by atoms with Gasteiger partial charge in [-0.05, 0) is 12.5 Å². The van der Waals surface area contributed by atoms with Crippen LogP contribution in [0.25, 0.3) is 0 Å². The molecule has 1 fully saturated rings. The number of aryl methyl sites for hydroxylation is 1. The van der Waals surface area contributed by atoms with Gasteiger partial charge in [-0.1, -0.05) is 29.8 Å². The van der Waals surface area contributed by atoms with Crippen molar-refractivity contribution in [2.75, 3.05) is 26.3 Å². The van der Waals surface area contributed by atoms with Crippen molar-refractivity contribution in [3.63, 3.8) is 0 Å². The van der Waals surface area contributed by atoms with Crippen molar-refractivity contribution in [1.29, 1.82) is 0 Å². The minimum absolute atomic E-state index is 0.208. The Hall–Kier alpha value is -1.96. The van der Waals surface area contributed by atoms with Crippen molar-refractivity contribution in [1.82, 2.24) is 5.32 Å². The summed E-state index contributed by atoms with van der Waals surface area (Å²) in [6.07, 6.45) is 0.208. The molecule has 1 unspecified atom stereocenters. The first-order valence-electron chi connectivity index (χ1n) is 6.91. The Morgan fingerprint density at radius 1 is 1.27 bits per heavy atom. The molecule has 0 aliphatic carbocycles. The van der Waals surface area contributed by atoms with Crippen LogP contribution in [0.4, 0.5) is 0 Å². The van der Waals surface area contributed by atoms with Crippen LogP contribution in [0.2, 0.25) is 0 Å². The second kappa shape index (κ2) is 9.88. The van der Waals surface area contributed by atoms with E-state index in [-0.39, 0.29) is 6.10 Å². The SMILES string of the molecule is Cc1ccc(COCC2CNCCO2)cc1.O=C(O)C(=O)O. The molecule has 1 aliphatic rings. The van der Waals surface area contributed by atoms with Crippen LogP contribution in [-0.4, -0.2) is 54.6 Å². The summed E-state index contributed by atoms with van der Waals surface area (Å²) in [6, 6.07) is 8.43. The van der Waals surface area contributed by atoms with E-state index in [1.807, 2.05) is 0 Å². The number of hydrogen-bond acceptors (Lipinski definition) is 5. The zero-order valence-electron chi connectivity index (χ0n) is 12.4. The standard InChI is InChI=1S/C13H19NO2.C2H2O4/c1-11-2-4-12(5-3-11)9-15-10-13-8-14-6-7-16-13;3-1(4)2(5)6/h2-5,13-14H,6-10H2,1H3;(H,3,4)(H,5,6). The molecule has 1 heterocycles. The summed E-state index contributed by atoms with van der Waals surface area (Å²) < 4.78 is 11.2. The molecule has 1 aromatic carbocycles. The summed E-state index contributed by atoms with van der Waals surface area (Å²) in [5.41, 5.74) is 2.50. The molecule has 0 spiro atoms. The van der Waals surface area contributed by atoms with E-state index in [2.05, 4.69) is 36.5 Å². The van der Waals surface area contributed by atoms with E-state index in [1.165, 1.54) is 11.1 Å². The molecule has 1 saturated heterocycles. The lowest BCUT2D eigenvalue weighted by Crippen LogP contribution is -2.40. The van der Waals surface area contributed by atoms with Gasteiger partial charge in [0.15, 0.2) is 0 Å². The largest absolute Gasteiger partial charge is 0.473 e. The van der Waals surface area contributed by atoms with Crippen LogP contribution in [0.15, 0.2) is 24.3 Å². The molecule has 7 nitrogen and oxygen atoms in total. The minimum Gasteiger partial charge on any atom is -0.473 e. The van der Waals surface area contributed by atoms with Crippen LogP contribution < -0.4 is 5.32 Å². The van der Waals surface area contributed by atoms with E-state index in [0.29, 0.717) is 13.2 Å². The molecule has 2 rings (SSSR count). The fourth-order valence-electron chi connectivity index (χ4n) is 1.72. The Morgan fingerprint density at radius 2 is 1.91 bits per heavy atom. The Morgan fingerprint density at radius 3 is 2.41 bits per heavy atom. The summed E-state index contributed by atoms with van der Waals surface area (Å²) in [4.78, 5) is 18.2. The molecule has 0 amide bonds. The van der Waals surface area contributed by atoms with E-state index >= 15 is 0 Å². The molecular weight excluding hydrogens is 290 g/mol. The molecule has 1 aliphatic heterocycles. The third kappa shape index (κ3) is 7.72. The second-order valence-corrected chi connectivity index (χ2v) is 4.81. The number of morpholine rings is 1. The highest BCUT2D eigenvalue weighted by molar-refractivity contribution is 6.27. The average Bonchev–Trinajstić information content (AvgIpc) is 2.51. The Balaban J connectivity index is 0.000000346. The predicted molar refractivity (Wildman–Crippen MR) is 78.7 cm³/mol. The van der Waals surface area contributed by atoms with Crippen LogP contribution >= 0.6 is 0 Å². The lowest BCUT2D eigenvalue weighted by Gasteiger charge is -2.23. The maximum Gasteiger partial charge on any atom is 0.414 e. The van der Waals surface area contributed by atoms with Gasteiger partial charge in [-0.15, -0.1) is 0 Å². The van der Waals surface area contributed by atoms with Crippen LogP contribution in [0.5, 0.6) is 0 Å². The van der Waals surface area contributed by atoms with Crippen LogP contribution in [0.1, 0.15) is 11.1 Å². The first-order valence-corrected chi connectivity index (χ1v) is 6.91. The highest BCUT2D eigenvalue weighted by Gasteiger charge is 2.12. The van der Waals surface area contributed by atoms with Crippen molar-refractivity contribution in [2.24, 2.45) is 0 Å². The number of aliphatic carboxylic acids is 2. The number of hydrogen-bond donors (Lipinski definition) is 3. The molecule has 0 radical (unpaired) electrons. The molecule has 3 N–H and O–H groups in total. The predicted octanol–water partition coefficient (Wildman–Crippen LogP) is 0.656. The molecule has 0 saturated carbocycles. The average molecular weight is 311 g/mol. The monoisotopic (exact) mass is 311 g/mol. The third-order valence-corrected chi connectivity index (χ3v) is 2.88. The maximum absolute atomic E-state index is 9.10.